The number of rotatable bonds is 6. The van der Waals surface area contributed by atoms with E-state index < -0.39 is 18.5 Å². The molecule has 0 saturated carbocycles. The van der Waals surface area contributed by atoms with E-state index in [1.165, 1.54) is 18.3 Å². The van der Waals surface area contributed by atoms with E-state index in [0.29, 0.717) is 16.8 Å². The van der Waals surface area contributed by atoms with Gasteiger partial charge in [0.2, 0.25) is 5.88 Å². The standard InChI is InChI=1S/C15H14FN3O4/c16-10-3-1-2-4-11(10)23-12-5-6-17-14-13(12)15(19-18-14)22-8-9(21)7-20/h1-6,9,20-21H,7-8H2,(H,17,18,19). The van der Waals surface area contributed by atoms with Crippen LogP contribution in [-0.4, -0.2) is 44.7 Å². The summed E-state index contributed by atoms with van der Waals surface area (Å²) in [7, 11) is 0. The van der Waals surface area contributed by atoms with Gasteiger partial charge in [-0.05, 0) is 12.1 Å². The van der Waals surface area contributed by atoms with Crippen LogP contribution in [0.15, 0.2) is 36.5 Å². The molecular weight excluding hydrogens is 305 g/mol. The van der Waals surface area contributed by atoms with Crippen LogP contribution in [0.3, 0.4) is 0 Å². The van der Waals surface area contributed by atoms with E-state index in [2.05, 4.69) is 15.2 Å². The van der Waals surface area contributed by atoms with Crippen LogP contribution in [0.25, 0.3) is 11.0 Å². The highest BCUT2D eigenvalue weighted by atomic mass is 19.1. The lowest BCUT2D eigenvalue weighted by atomic mass is 10.3. The summed E-state index contributed by atoms with van der Waals surface area (Å²) in [6, 6.07) is 7.56. The largest absolute Gasteiger partial charge is 0.473 e. The number of fused-ring (bicyclic) bond motifs is 1. The van der Waals surface area contributed by atoms with Crippen molar-refractivity contribution in [1.82, 2.24) is 15.2 Å². The van der Waals surface area contributed by atoms with Gasteiger partial charge in [-0.25, -0.2) is 9.37 Å². The summed E-state index contributed by atoms with van der Waals surface area (Å²) in [6.07, 6.45) is 0.456. The number of hydrogen-bond donors (Lipinski definition) is 3. The molecule has 1 aromatic carbocycles. The number of nitrogens with zero attached hydrogens (tertiary/aromatic N) is 2. The Bertz CT molecular complexity index is 808. The second-order valence-corrected chi connectivity index (χ2v) is 4.74. The van der Waals surface area contributed by atoms with E-state index in [1.54, 1.807) is 18.2 Å². The molecule has 0 aliphatic heterocycles. The monoisotopic (exact) mass is 319 g/mol. The van der Waals surface area contributed by atoms with Crippen LogP contribution >= 0.6 is 0 Å². The van der Waals surface area contributed by atoms with Gasteiger partial charge < -0.3 is 19.7 Å². The highest BCUT2D eigenvalue weighted by molar-refractivity contribution is 5.87. The number of aliphatic hydroxyl groups excluding tert-OH is 2. The minimum Gasteiger partial charge on any atom is -0.473 e. The van der Waals surface area contributed by atoms with Crippen LogP contribution in [0.5, 0.6) is 17.4 Å². The molecule has 0 aliphatic carbocycles. The predicted octanol–water partition coefficient (Wildman–Crippen LogP) is 1.62. The first-order valence-corrected chi connectivity index (χ1v) is 6.86. The third kappa shape index (κ3) is 3.22. The predicted molar refractivity (Wildman–Crippen MR) is 79.0 cm³/mol. The maximum Gasteiger partial charge on any atom is 0.246 e. The summed E-state index contributed by atoms with van der Waals surface area (Å²) >= 11 is 0. The quantitative estimate of drug-likeness (QED) is 0.638. The van der Waals surface area contributed by atoms with Crippen LogP contribution < -0.4 is 9.47 Å². The van der Waals surface area contributed by atoms with Crippen molar-refractivity contribution in [3.8, 4) is 17.4 Å². The number of aliphatic hydroxyl groups is 2. The van der Waals surface area contributed by atoms with Gasteiger partial charge >= 0.3 is 0 Å². The minimum atomic E-state index is -1.03. The lowest BCUT2D eigenvalue weighted by molar-refractivity contribution is 0.0525. The number of H-pyrrole nitrogens is 1. The van der Waals surface area contributed by atoms with Crippen molar-refractivity contribution in [1.29, 1.82) is 0 Å². The Hall–Kier alpha value is -2.71. The van der Waals surface area contributed by atoms with Crippen molar-refractivity contribution in [3.63, 3.8) is 0 Å². The fourth-order valence-electron chi connectivity index (χ4n) is 1.96. The fourth-order valence-corrected chi connectivity index (χ4v) is 1.96. The van der Waals surface area contributed by atoms with Crippen LogP contribution in [0, 0.1) is 5.82 Å². The highest BCUT2D eigenvalue weighted by Crippen LogP contribution is 2.34. The summed E-state index contributed by atoms with van der Waals surface area (Å²) in [6.45, 7) is -0.580. The third-order valence-corrected chi connectivity index (χ3v) is 3.07. The van der Waals surface area contributed by atoms with Crippen molar-refractivity contribution in [2.24, 2.45) is 0 Å². The smallest absolute Gasteiger partial charge is 0.246 e. The number of para-hydroxylation sites is 1. The molecule has 1 atom stereocenters. The Morgan fingerprint density at radius 1 is 1.22 bits per heavy atom. The first-order valence-electron chi connectivity index (χ1n) is 6.86. The summed E-state index contributed by atoms with van der Waals surface area (Å²) in [5, 5.41) is 25.2. The second kappa shape index (κ2) is 6.59. The van der Waals surface area contributed by atoms with E-state index in [4.69, 9.17) is 14.6 Å². The van der Waals surface area contributed by atoms with Crippen LogP contribution in [0.2, 0.25) is 0 Å². The fraction of sp³-hybridized carbons (Fsp3) is 0.200. The van der Waals surface area contributed by atoms with Crippen LogP contribution in [0.4, 0.5) is 4.39 Å². The van der Waals surface area contributed by atoms with E-state index >= 15 is 0 Å². The molecule has 23 heavy (non-hydrogen) atoms. The van der Waals surface area contributed by atoms with Gasteiger partial charge in [0, 0.05) is 12.3 Å². The van der Waals surface area contributed by atoms with Gasteiger partial charge in [0.15, 0.2) is 17.2 Å². The van der Waals surface area contributed by atoms with Crippen LogP contribution in [-0.2, 0) is 0 Å². The lowest BCUT2D eigenvalue weighted by Crippen LogP contribution is -2.21. The molecular formula is C15H14FN3O4. The molecule has 120 valence electrons. The number of nitrogens with one attached hydrogen (secondary N) is 1. The van der Waals surface area contributed by atoms with Gasteiger partial charge in [0.05, 0.1) is 6.61 Å². The summed E-state index contributed by atoms with van der Waals surface area (Å²) < 4.78 is 24.7. The van der Waals surface area contributed by atoms with E-state index in [0.717, 1.165) is 0 Å². The molecule has 0 spiro atoms. The summed E-state index contributed by atoms with van der Waals surface area (Å²) in [5.41, 5.74) is 0.396. The van der Waals surface area contributed by atoms with Crippen molar-refractivity contribution in [3.05, 3.63) is 42.3 Å². The molecule has 0 aliphatic rings. The van der Waals surface area contributed by atoms with E-state index in [1.807, 2.05) is 0 Å². The van der Waals surface area contributed by atoms with Crippen molar-refractivity contribution >= 4 is 11.0 Å². The van der Waals surface area contributed by atoms with Gasteiger partial charge in [-0.15, -0.1) is 5.10 Å². The Morgan fingerprint density at radius 2 is 2.04 bits per heavy atom. The Kier molecular flexibility index (Phi) is 4.35. The first kappa shape index (κ1) is 15.2. The number of ether oxygens (including phenoxy) is 2. The van der Waals surface area contributed by atoms with E-state index in [-0.39, 0.29) is 18.2 Å². The molecule has 7 nitrogen and oxygen atoms in total. The van der Waals surface area contributed by atoms with E-state index in [9.17, 15) is 9.50 Å². The highest BCUT2D eigenvalue weighted by Gasteiger charge is 2.16. The average molecular weight is 319 g/mol. The van der Waals surface area contributed by atoms with Crippen molar-refractivity contribution in [2.45, 2.75) is 6.10 Å². The maximum atomic E-state index is 13.7. The molecule has 0 saturated heterocycles. The van der Waals surface area contributed by atoms with Gasteiger partial charge in [0.1, 0.15) is 23.8 Å². The molecule has 0 amide bonds. The Balaban J connectivity index is 1.94. The number of halogens is 1. The zero-order valence-corrected chi connectivity index (χ0v) is 11.9. The van der Waals surface area contributed by atoms with Crippen LogP contribution in [0.1, 0.15) is 0 Å². The molecule has 2 aromatic heterocycles. The summed E-state index contributed by atoms with van der Waals surface area (Å²) in [5.74, 6) is 0.0101. The molecule has 0 radical (unpaired) electrons. The molecule has 2 heterocycles. The lowest BCUT2D eigenvalue weighted by Gasteiger charge is -2.10. The van der Waals surface area contributed by atoms with Gasteiger partial charge in [-0.1, -0.05) is 12.1 Å². The van der Waals surface area contributed by atoms with Crippen molar-refractivity contribution in [2.75, 3.05) is 13.2 Å². The minimum absolute atomic E-state index is 0.0579. The second-order valence-electron chi connectivity index (χ2n) is 4.74. The molecule has 0 bridgehead atoms. The number of hydrogen-bond acceptors (Lipinski definition) is 6. The molecule has 3 aromatic rings. The maximum absolute atomic E-state index is 13.7. The molecule has 3 N–H and O–H groups in total. The molecule has 3 rings (SSSR count). The zero-order valence-electron chi connectivity index (χ0n) is 11.9. The summed E-state index contributed by atoms with van der Waals surface area (Å²) in [4.78, 5) is 4.09. The average Bonchev–Trinajstić information content (AvgIpc) is 2.99. The molecule has 1 unspecified atom stereocenters. The number of aromatic nitrogens is 3. The van der Waals surface area contributed by atoms with Crippen molar-refractivity contribution < 1.29 is 24.1 Å². The zero-order chi connectivity index (χ0) is 16.2. The molecule has 8 heteroatoms. The third-order valence-electron chi connectivity index (χ3n) is 3.07. The topological polar surface area (TPSA) is 100 Å². The number of aromatic amines is 1. The Labute approximate surface area is 130 Å². The van der Waals surface area contributed by atoms with Gasteiger partial charge in [-0.2, -0.15) is 0 Å². The Morgan fingerprint density at radius 3 is 2.83 bits per heavy atom. The number of benzene rings is 1. The first-order chi connectivity index (χ1) is 11.2. The molecule has 0 fully saturated rings. The SMILES string of the molecule is OCC(O)COc1n[nH]c2nccc(Oc3ccccc3F)c12. The normalized spacial score (nSPS) is 12.3. The number of pyridine rings is 1. The van der Waals surface area contributed by atoms with Gasteiger partial charge in [0.25, 0.3) is 0 Å². The van der Waals surface area contributed by atoms with Gasteiger partial charge in [-0.3, -0.25) is 5.10 Å².